The van der Waals surface area contributed by atoms with Crippen LogP contribution >= 0.6 is 15.9 Å². The first-order valence-corrected chi connectivity index (χ1v) is 6.82. The van der Waals surface area contributed by atoms with Gasteiger partial charge in [-0.3, -0.25) is 0 Å². The van der Waals surface area contributed by atoms with Gasteiger partial charge >= 0.3 is 0 Å². The van der Waals surface area contributed by atoms with E-state index in [9.17, 15) is 5.11 Å². The van der Waals surface area contributed by atoms with Gasteiger partial charge in [0.25, 0.3) is 0 Å². The molecule has 0 atom stereocenters. The van der Waals surface area contributed by atoms with Crippen LogP contribution in [0, 0.1) is 0 Å². The molecule has 1 aromatic carbocycles. The Kier molecular flexibility index (Phi) is 2.79. The maximum atomic E-state index is 10.1. The third-order valence-electron chi connectivity index (χ3n) is 3.53. The van der Waals surface area contributed by atoms with Gasteiger partial charge in [-0.1, -0.05) is 34.8 Å². The van der Waals surface area contributed by atoms with E-state index in [0.717, 1.165) is 33.9 Å². The van der Waals surface area contributed by atoms with Crippen LogP contribution in [0.2, 0.25) is 0 Å². The second-order valence-electron chi connectivity index (χ2n) is 4.71. The summed E-state index contributed by atoms with van der Waals surface area (Å²) in [5, 5.41) is 11.1. The van der Waals surface area contributed by atoms with Gasteiger partial charge in [-0.05, 0) is 31.0 Å². The van der Waals surface area contributed by atoms with Gasteiger partial charge in [0, 0.05) is 15.8 Å². The Labute approximate surface area is 109 Å². The number of aromatic nitrogens is 1. The molecule has 0 bridgehead atoms. The summed E-state index contributed by atoms with van der Waals surface area (Å²) in [5.74, 6) is 0.796. The molecule has 0 unspecified atom stereocenters. The zero-order valence-electron chi connectivity index (χ0n) is 9.49. The van der Waals surface area contributed by atoms with Crippen LogP contribution in [0.3, 0.4) is 0 Å². The summed E-state index contributed by atoms with van der Waals surface area (Å²) in [6.45, 7) is 0. The molecule has 3 rings (SSSR count). The third-order valence-corrected chi connectivity index (χ3v) is 4.02. The molecule has 0 saturated heterocycles. The van der Waals surface area contributed by atoms with Gasteiger partial charge in [0.1, 0.15) is 5.75 Å². The highest BCUT2D eigenvalue weighted by Gasteiger charge is 2.21. The van der Waals surface area contributed by atoms with Crippen molar-refractivity contribution in [3.8, 4) is 5.75 Å². The van der Waals surface area contributed by atoms with Gasteiger partial charge < -0.3 is 5.11 Å². The lowest BCUT2D eigenvalue weighted by Gasteiger charge is -2.11. The predicted molar refractivity (Wildman–Crippen MR) is 72.3 cm³/mol. The molecule has 1 fully saturated rings. The largest absolute Gasteiger partial charge is 0.506 e. The molecule has 1 heterocycles. The SMILES string of the molecule is Oc1cc2ccc(Br)cc2nc1C1CCCC1. The molecule has 17 heavy (non-hydrogen) atoms. The molecule has 2 aromatic rings. The molecule has 1 saturated carbocycles. The van der Waals surface area contributed by atoms with E-state index in [1.807, 2.05) is 24.3 Å². The van der Waals surface area contributed by atoms with Crippen LogP contribution in [0.15, 0.2) is 28.7 Å². The predicted octanol–water partition coefficient (Wildman–Crippen LogP) is 4.36. The lowest BCUT2D eigenvalue weighted by molar-refractivity contribution is 0.457. The number of benzene rings is 1. The summed E-state index contributed by atoms with van der Waals surface area (Å²) >= 11 is 3.46. The Balaban J connectivity index is 2.14. The van der Waals surface area contributed by atoms with Crippen LogP contribution in [-0.4, -0.2) is 10.1 Å². The average Bonchev–Trinajstić information content (AvgIpc) is 2.82. The zero-order chi connectivity index (χ0) is 11.8. The first kappa shape index (κ1) is 11.0. The summed E-state index contributed by atoms with van der Waals surface area (Å²) in [6, 6.07) is 7.79. The van der Waals surface area contributed by atoms with Gasteiger partial charge in [-0.15, -0.1) is 0 Å². The number of pyridine rings is 1. The van der Waals surface area contributed by atoms with E-state index in [1.54, 1.807) is 0 Å². The monoisotopic (exact) mass is 291 g/mol. The maximum absolute atomic E-state index is 10.1. The van der Waals surface area contributed by atoms with Gasteiger partial charge in [-0.2, -0.15) is 0 Å². The highest BCUT2D eigenvalue weighted by molar-refractivity contribution is 9.10. The van der Waals surface area contributed by atoms with Crippen LogP contribution < -0.4 is 0 Å². The lowest BCUT2D eigenvalue weighted by atomic mass is 10.0. The van der Waals surface area contributed by atoms with Gasteiger partial charge in [0.15, 0.2) is 0 Å². The Morgan fingerprint density at radius 1 is 1.18 bits per heavy atom. The first-order chi connectivity index (χ1) is 8.24. The molecule has 2 nitrogen and oxygen atoms in total. The zero-order valence-corrected chi connectivity index (χ0v) is 11.1. The van der Waals surface area contributed by atoms with E-state index in [1.165, 1.54) is 12.8 Å². The van der Waals surface area contributed by atoms with Crippen LogP contribution in [0.4, 0.5) is 0 Å². The number of fused-ring (bicyclic) bond motifs is 1. The van der Waals surface area contributed by atoms with Crippen molar-refractivity contribution < 1.29 is 5.11 Å². The van der Waals surface area contributed by atoms with Gasteiger partial charge in [0.05, 0.1) is 11.2 Å². The van der Waals surface area contributed by atoms with E-state index in [0.29, 0.717) is 11.7 Å². The van der Waals surface area contributed by atoms with Crippen molar-refractivity contribution in [2.24, 2.45) is 0 Å². The van der Waals surface area contributed by atoms with E-state index in [2.05, 4.69) is 20.9 Å². The Morgan fingerprint density at radius 3 is 2.71 bits per heavy atom. The fourth-order valence-electron chi connectivity index (χ4n) is 2.64. The molecular weight excluding hydrogens is 278 g/mol. The molecular formula is C14H14BrNO. The van der Waals surface area contributed by atoms with Gasteiger partial charge in [-0.25, -0.2) is 4.98 Å². The molecule has 0 radical (unpaired) electrons. The molecule has 1 aliphatic carbocycles. The van der Waals surface area contributed by atoms with E-state index >= 15 is 0 Å². The summed E-state index contributed by atoms with van der Waals surface area (Å²) in [4.78, 5) is 4.64. The molecule has 0 amide bonds. The van der Waals surface area contributed by atoms with Crippen molar-refractivity contribution in [3.05, 3.63) is 34.4 Å². The highest BCUT2D eigenvalue weighted by Crippen LogP contribution is 2.38. The molecule has 3 heteroatoms. The minimum Gasteiger partial charge on any atom is -0.506 e. The smallest absolute Gasteiger partial charge is 0.138 e. The lowest BCUT2D eigenvalue weighted by Crippen LogP contribution is -1.97. The summed E-state index contributed by atoms with van der Waals surface area (Å²) in [7, 11) is 0. The maximum Gasteiger partial charge on any atom is 0.138 e. The standard InChI is InChI=1S/C14H14BrNO/c15-11-6-5-10-7-13(17)14(16-12(10)8-11)9-3-1-2-4-9/h5-9,17H,1-4H2. The Morgan fingerprint density at radius 2 is 1.94 bits per heavy atom. The first-order valence-electron chi connectivity index (χ1n) is 6.03. The molecule has 88 valence electrons. The van der Waals surface area contributed by atoms with Crippen molar-refractivity contribution in [2.45, 2.75) is 31.6 Å². The van der Waals surface area contributed by atoms with Gasteiger partial charge in [0.2, 0.25) is 0 Å². The molecule has 1 aliphatic rings. The number of halogens is 1. The molecule has 1 aromatic heterocycles. The van der Waals surface area contributed by atoms with E-state index in [4.69, 9.17) is 0 Å². The Hall–Kier alpha value is -1.09. The van der Waals surface area contributed by atoms with Crippen molar-refractivity contribution in [1.29, 1.82) is 0 Å². The number of rotatable bonds is 1. The van der Waals surface area contributed by atoms with Crippen LogP contribution in [0.1, 0.15) is 37.3 Å². The van der Waals surface area contributed by atoms with Crippen molar-refractivity contribution in [1.82, 2.24) is 4.98 Å². The second kappa shape index (κ2) is 4.30. The molecule has 1 N–H and O–H groups in total. The van der Waals surface area contributed by atoms with E-state index < -0.39 is 0 Å². The van der Waals surface area contributed by atoms with Crippen LogP contribution in [-0.2, 0) is 0 Å². The summed E-state index contributed by atoms with van der Waals surface area (Å²) in [5.41, 5.74) is 1.84. The fraction of sp³-hybridized carbons (Fsp3) is 0.357. The summed E-state index contributed by atoms with van der Waals surface area (Å²) in [6.07, 6.45) is 4.81. The number of aromatic hydroxyl groups is 1. The van der Waals surface area contributed by atoms with E-state index in [-0.39, 0.29) is 0 Å². The molecule has 0 aliphatic heterocycles. The third kappa shape index (κ3) is 2.04. The number of hydrogen-bond acceptors (Lipinski definition) is 2. The van der Waals surface area contributed by atoms with Crippen molar-refractivity contribution in [3.63, 3.8) is 0 Å². The van der Waals surface area contributed by atoms with Crippen molar-refractivity contribution >= 4 is 26.8 Å². The number of hydrogen-bond donors (Lipinski definition) is 1. The number of nitrogens with zero attached hydrogens (tertiary/aromatic N) is 1. The average molecular weight is 292 g/mol. The normalized spacial score (nSPS) is 16.8. The fourth-order valence-corrected chi connectivity index (χ4v) is 2.99. The summed E-state index contributed by atoms with van der Waals surface area (Å²) < 4.78 is 1.03. The topological polar surface area (TPSA) is 33.1 Å². The Bertz CT molecular complexity index is 561. The minimum atomic E-state index is 0.353. The quantitative estimate of drug-likeness (QED) is 0.847. The highest BCUT2D eigenvalue weighted by atomic mass is 79.9. The van der Waals surface area contributed by atoms with Crippen molar-refractivity contribution in [2.75, 3.05) is 0 Å². The second-order valence-corrected chi connectivity index (χ2v) is 5.63. The van der Waals surface area contributed by atoms with Crippen LogP contribution in [0.25, 0.3) is 10.9 Å². The molecule has 0 spiro atoms. The van der Waals surface area contributed by atoms with Crippen LogP contribution in [0.5, 0.6) is 5.75 Å². The minimum absolute atomic E-state index is 0.353.